The summed E-state index contributed by atoms with van der Waals surface area (Å²) >= 11 is 0. The van der Waals surface area contributed by atoms with E-state index in [4.69, 9.17) is 15.2 Å². The zero-order valence-corrected chi connectivity index (χ0v) is 10.9. The molecule has 4 nitrogen and oxygen atoms in total. The monoisotopic (exact) mass is 246 g/mol. The largest absolute Gasteiger partial charge is 0.496 e. The van der Waals surface area contributed by atoms with E-state index < -0.39 is 0 Å². The number of ether oxygens (including phenoxy) is 2. The van der Waals surface area contributed by atoms with E-state index in [-0.39, 0.29) is 0 Å². The van der Waals surface area contributed by atoms with Crippen molar-refractivity contribution in [2.45, 2.75) is 13.5 Å². The number of rotatable bonds is 4. The fraction of sp³-hybridized carbons (Fsp3) is 0.286. The molecule has 96 valence electrons. The Morgan fingerprint density at radius 1 is 1.06 bits per heavy atom. The molecular formula is C14H18N2O2. The highest BCUT2D eigenvalue weighted by atomic mass is 16.5. The summed E-state index contributed by atoms with van der Waals surface area (Å²) in [4.78, 5) is 3.07. The topological polar surface area (TPSA) is 60.3 Å². The molecule has 0 amide bonds. The van der Waals surface area contributed by atoms with Gasteiger partial charge in [-0.05, 0) is 30.2 Å². The number of hydrogen-bond donors (Lipinski definition) is 2. The number of H-pyrrole nitrogens is 1. The van der Waals surface area contributed by atoms with Gasteiger partial charge in [0, 0.05) is 30.1 Å². The van der Waals surface area contributed by atoms with Crippen LogP contribution in [-0.2, 0) is 6.54 Å². The lowest BCUT2D eigenvalue weighted by Gasteiger charge is -2.13. The maximum atomic E-state index is 5.73. The predicted molar refractivity (Wildman–Crippen MR) is 72.0 cm³/mol. The molecular weight excluding hydrogens is 228 g/mol. The maximum Gasteiger partial charge on any atom is 0.127 e. The lowest BCUT2D eigenvalue weighted by Crippen LogP contribution is -1.98. The summed E-state index contributed by atoms with van der Waals surface area (Å²) in [5, 5.41) is 0. The molecule has 1 aromatic carbocycles. The van der Waals surface area contributed by atoms with Gasteiger partial charge >= 0.3 is 0 Å². The van der Waals surface area contributed by atoms with Gasteiger partial charge in [0.15, 0.2) is 0 Å². The molecule has 0 saturated heterocycles. The second-order valence-electron chi connectivity index (χ2n) is 4.12. The number of nitrogens with one attached hydrogen (secondary N) is 1. The third kappa shape index (κ3) is 2.07. The molecule has 0 bridgehead atoms. The van der Waals surface area contributed by atoms with Gasteiger partial charge in [0.05, 0.1) is 14.2 Å². The van der Waals surface area contributed by atoms with Crippen molar-refractivity contribution in [2.24, 2.45) is 5.73 Å². The van der Waals surface area contributed by atoms with Crippen molar-refractivity contribution in [1.82, 2.24) is 4.98 Å². The normalized spacial score (nSPS) is 10.4. The molecule has 0 aliphatic carbocycles. The number of hydrogen-bond acceptors (Lipinski definition) is 3. The molecule has 0 unspecified atom stereocenters. The van der Waals surface area contributed by atoms with E-state index in [1.54, 1.807) is 14.2 Å². The van der Waals surface area contributed by atoms with Gasteiger partial charge in [0.2, 0.25) is 0 Å². The van der Waals surface area contributed by atoms with E-state index in [0.29, 0.717) is 6.54 Å². The second-order valence-corrected chi connectivity index (χ2v) is 4.12. The smallest absolute Gasteiger partial charge is 0.127 e. The van der Waals surface area contributed by atoms with Crippen LogP contribution in [0.4, 0.5) is 0 Å². The Labute approximate surface area is 107 Å². The van der Waals surface area contributed by atoms with Crippen LogP contribution in [0.5, 0.6) is 11.5 Å². The average molecular weight is 246 g/mol. The molecule has 0 fully saturated rings. The highest BCUT2D eigenvalue weighted by Gasteiger charge is 2.13. The predicted octanol–water partition coefficient (Wildman–Crippen LogP) is 2.47. The summed E-state index contributed by atoms with van der Waals surface area (Å²) in [6.07, 6.45) is 3.83. The summed E-state index contributed by atoms with van der Waals surface area (Å²) < 4.78 is 10.8. The third-order valence-corrected chi connectivity index (χ3v) is 3.06. The molecule has 2 rings (SSSR count). The molecule has 0 aliphatic rings. The van der Waals surface area contributed by atoms with Crippen molar-refractivity contribution in [3.8, 4) is 22.6 Å². The van der Waals surface area contributed by atoms with E-state index in [1.165, 1.54) is 0 Å². The van der Waals surface area contributed by atoms with Crippen molar-refractivity contribution in [2.75, 3.05) is 14.2 Å². The molecule has 0 saturated carbocycles. The van der Waals surface area contributed by atoms with Crippen molar-refractivity contribution in [1.29, 1.82) is 0 Å². The highest BCUT2D eigenvalue weighted by Crippen LogP contribution is 2.37. The molecule has 0 atom stereocenters. The van der Waals surface area contributed by atoms with E-state index in [1.807, 2.05) is 31.5 Å². The molecule has 2 aromatic rings. The van der Waals surface area contributed by atoms with Gasteiger partial charge in [-0.25, -0.2) is 0 Å². The first kappa shape index (κ1) is 12.5. The van der Waals surface area contributed by atoms with Crippen LogP contribution in [0, 0.1) is 6.92 Å². The summed E-state index contributed by atoms with van der Waals surface area (Å²) in [6, 6.07) is 3.96. The first-order valence-corrected chi connectivity index (χ1v) is 5.80. The van der Waals surface area contributed by atoms with E-state index in [0.717, 1.165) is 33.8 Å². The lowest BCUT2D eigenvalue weighted by atomic mass is 10.0. The number of benzene rings is 1. The average Bonchev–Trinajstić information content (AvgIpc) is 2.86. The molecule has 0 spiro atoms. The Morgan fingerprint density at radius 2 is 1.78 bits per heavy atom. The molecule has 1 aromatic heterocycles. The number of aryl methyl sites for hydroxylation is 1. The molecule has 3 N–H and O–H groups in total. The minimum Gasteiger partial charge on any atom is -0.496 e. The minimum atomic E-state index is 0.484. The van der Waals surface area contributed by atoms with Crippen molar-refractivity contribution in [3.05, 3.63) is 35.7 Å². The van der Waals surface area contributed by atoms with Crippen molar-refractivity contribution < 1.29 is 9.47 Å². The molecule has 1 heterocycles. The highest BCUT2D eigenvalue weighted by molar-refractivity contribution is 5.75. The lowest BCUT2D eigenvalue weighted by molar-refractivity contribution is 0.402. The van der Waals surface area contributed by atoms with Crippen molar-refractivity contribution in [3.63, 3.8) is 0 Å². The van der Waals surface area contributed by atoms with Gasteiger partial charge in [-0.3, -0.25) is 0 Å². The summed E-state index contributed by atoms with van der Waals surface area (Å²) in [7, 11) is 3.33. The SMILES string of the molecule is COc1cc(-c2c[nH]cc2CN)c(OC)cc1C. The van der Waals surface area contributed by atoms with Crippen LogP contribution in [0.3, 0.4) is 0 Å². The fourth-order valence-corrected chi connectivity index (χ4v) is 2.08. The molecule has 4 heteroatoms. The number of aromatic amines is 1. The Kier molecular flexibility index (Phi) is 3.58. The third-order valence-electron chi connectivity index (χ3n) is 3.06. The van der Waals surface area contributed by atoms with Crippen LogP contribution >= 0.6 is 0 Å². The Hall–Kier alpha value is -1.94. The molecule has 0 aliphatic heterocycles. The minimum absolute atomic E-state index is 0.484. The van der Waals surface area contributed by atoms with Crippen LogP contribution in [0.15, 0.2) is 24.5 Å². The second kappa shape index (κ2) is 5.14. The zero-order chi connectivity index (χ0) is 13.1. The Bertz CT molecular complexity index is 547. The standard InChI is InChI=1S/C14H18N2O2/c1-9-4-14(18-3)11(5-13(9)17-2)12-8-16-7-10(12)6-15/h4-5,7-8,16H,6,15H2,1-3H3. The van der Waals surface area contributed by atoms with E-state index in [2.05, 4.69) is 4.98 Å². The van der Waals surface area contributed by atoms with Crippen LogP contribution in [-0.4, -0.2) is 19.2 Å². The van der Waals surface area contributed by atoms with Gasteiger partial charge in [0.25, 0.3) is 0 Å². The van der Waals surface area contributed by atoms with Crippen LogP contribution < -0.4 is 15.2 Å². The first-order chi connectivity index (χ1) is 8.71. The molecule has 0 radical (unpaired) electrons. The zero-order valence-electron chi connectivity index (χ0n) is 10.9. The maximum absolute atomic E-state index is 5.73. The Balaban J connectivity index is 2.62. The van der Waals surface area contributed by atoms with E-state index in [9.17, 15) is 0 Å². The fourth-order valence-electron chi connectivity index (χ4n) is 2.08. The Morgan fingerprint density at radius 3 is 2.39 bits per heavy atom. The van der Waals surface area contributed by atoms with Gasteiger partial charge in [-0.2, -0.15) is 0 Å². The number of nitrogens with two attached hydrogens (primary N) is 1. The van der Waals surface area contributed by atoms with E-state index >= 15 is 0 Å². The number of methoxy groups -OCH3 is 2. The number of aromatic nitrogens is 1. The summed E-state index contributed by atoms with van der Waals surface area (Å²) in [6.45, 7) is 2.48. The quantitative estimate of drug-likeness (QED) is 0.871. The van der Waals surface area contributed by atoms with Crippen LogP contribution in [0.1, 0.15) is 11.1 Å². The van der Waals surface area contributed by atoms with Gasteiger partial charge in [0.1, 0.15) is 11.5 Å². The van der Waals surface area contributed by atoms with Gasteiger partial charge in [-0.1, -0.05) is 0 Å². The van der Waals surface area contributed by atoms with Crippen LogP contribution in [0.2, 0.25) is 0 Å². The summed E-state index contributed by atoms with van der Waals surface area (Å²) in [5.74, 6) is 1.66. The van der Waals surface area contributed by atoms with Crippen LogP contribution in [0.25, 0.3) is 11.1 Å². The van der Waals surface area contributed by atoms with Gasteiger partial charge in [-0.15, -0.1) is 0 Å². The first-order valence-electron chi connectivity index (χ1n) is 5.80. The summed E-state index contributed by atoms with van der Waals surface area (Å²) in [5.41, 5.74) is 9.87. The van der Waals surface area contributed by atoms with Gasteiger partial charge < -0.3 is 20.2 Å². The van der Waals surface area contributed by atoms with Crippen molar-refractivity contribution >= 4 is 0 Å². The molecule has 18 heavy (non-hydrogen) atoms.